The predicted octanol–water partition coefficient (Wildman–Crippen LogP) is -6.52. The molecule has 2 fully saturated rings. The fraction of sp³-hybridized carbons (Fsp3) is 0.526. The molecule has 2 aliphatic rings. The second-order valence-corrected chi connectivity index (χ2v) is 8.26. The standard InChI is InChI=1S/C19H23N5O12/c20-9-1-3-23(16(33)21-9)18(13(30)11(28)7(5-25)35-18)15(32)19(14(31)12(29)8(6-26)36-19)24-4-2-10(27)22-17(24)34/h1-4,7-8,11-14,25-26,28-31H,5-6H2,(H2,20,21,33)(H,22,27,34)/t7-,8-,11-,12-,13-,14-,18+,19+/m1/s1. The number of nitrogens with zero attached hydrogens (tertiary/aromatic N) is 3. The number of aliphatic hydroxyl groups is 6. The van der Waals surface area contributed by atoms with E-state index >= 15 is 0 Å². The lowest BCUT2D eigenvalue weighted by atomic mass is 9.87. The number of carbonyl (C=O) groups excluding carboxylic acids is 1. The summed E-state index contributed by atoms with van der Waals surface area (Å²) in [5, 5.41) is 62.3. The summed E-state index contributed by atoms with van der Waals surface area (Å²) < 4.78 is 11.8. The third kappa shape index (κ3) is 3.44. The smallest absolute Gasteiger partial charge is 0.352 e. The van der Waals surface area contributed by atoms with E-state index in [2.05, 4.69) is 4.98 Å². The van der Waals surface area contributed by atoms with Gasteiger partial charge in [-0.3, -0.25) is 23.7 Å². The van der Waals surface area contributed by atoms with Crippen molar-refractivity contribution in [3.05, 3.63) is 55.8 Å². The molecule has 9 N–H and O–H groups in total. The Kier molecular flexibility index (Phi) is 6.43. The van der Waals surface area contributed by atoms with Crippen LogP contribution in [-0.2, 0) is 25.7 Å². The van der Waals surface area contributed by atoms with Crippen LogP contribution in [0.4, 0.5) is 5.82 Å². The van der Waals surface area contributed by atoms with Gasteiger partial charge in [0.05, 0.1) is 13.2 Å². The van der Waals surface area contributed by atoms with Gasteiger partial charge in [0.25, 0.3) is 5.56 Å². The fourth-order valence-electron chi connectivity index (χ4n) is 4.50. The Morgan fingerprint density at radius 3 is 1.89 bits per heavy atom. The number of aromatic nitrogens is 4. The average molecular weight is 513 g/mol. The number of ketones is 1. The van der Waals surface area contributed by atoms with Crippen LogP contribution in [-0.4, -0.2) is 105 Å². The number of aliphatic hydroxyl groups excluding tert-OH is 6. The summed E-state index contributed by atoms with van der Waals surface area (Å²) >= 11 is 0. The van der Waals surface area contributed by atoms with E-state index in [-0.39, 0.29) is 5.82 Å². The number of rotatable bonds is 6. The first kappa shape index (κ1) is 25.8. The molecule has 36 heavy (non-hydrogen) atoms. The van der Waals surface area contributed by atoms with E-state index in [4.69, 9.17) is 15.2 Å². The molecule has 8 atom stereocenters. The summed E-state index contributed by atoms with van der Waals surface area (Å²) in [7, 11) is 0. The van der Waals surface area contributed by atoms with Gasteiger partial charge in [0, 0.05) is 18.5 Å². The zero-order valence-corrected chi connectivity index (χ0v) is 18.2. The van der Waals surface area contributed by atoms with Crippen molar-refractivity contribution in [1.29, 1.82) is 0 Å². The molecule has 0 spiro atoms. The van der Waals surface area contributed by atoms with Crippen LogP contribution < -0.4 is 22.7 Å². The van der Waals surface area contributed by atoms with Gasteiger partial charge in [-0.25, -0.2) is 9.59 Å². The largest absolute Gasteiger partial charge is 0.394 e. The van der Waals surface area contributed by atoms with E-state index in [9.17, 15) is 49.8 Å². The molecule has 0 saturated carbocycles. The van der Waals surface area contributed by atoms with Crippen molar-refractivity contribution in [1.82, 2.24) is 19.1 Å². The van der Waals surface area contributed by atoms with Crippen molar-refractivity contribution in [2.45, 2.75) is 48.1 Å². The van der Waals surface area contributed by atoms with Gasteiger partial charge in [0.2, 0.25) is 17.2 Å². The Labute approximate surface area is 199 Å². The first-order chi connectivity index (χ1) is 16.9. The van der Waals surface area contributed by atoms with Crippen molar-refractivity contribution >= 4 is 11.6 Å². The molecular formula is C19H23N5O12. The number of Topliss-reactive ketones (excluding diaryl/α,β-unsaturated/α-hetero) is 1. The quantitative estimate of drug-likeness (QED) is 0.178. The van der Waals surface area contributed by atoms with E-state index < -0.39 is 84.0 Å². The Morgan fingerprint density at radius 2 is 1.44 bits per heavy atom. The molecule has 2 saturated heterocycles. The normalized spacial score (nSPS) is 36.3. The number of nitrogens with two attached hydrogens (primary N) is 1. The molecule has 2 aromatic rings. The summed E-state index contributed by atoms with van der Waals surface area (Å²) in [6.07, 6.45) is -10.5. The number of hydrogen-bond acceptors (Lipinski definition) is 14. The van der Waals surface area contributed by atoms with Crippen LogP contribution in [0.25, 0.3) is 0 Å². The highest BCUT2D eigenvalue weighted by atomic mass is 16.6. The minimum atomic E-state index is -3.06. The highest BCUT2D eigenvalue weighted by Crippen LogP contribution is 2.45. The number of nitrogens with one attached hydrogen (secondary N) is 1. The van der Waals surface area contributed by atoms with Crippen molar-refractivity contribution < 1.29 is 44.9 Å². The van der Waals surface area contributed by atoms with Crippen molar-refractivity contribution in [3.63, 3.8) is 0 Å². The number of carbonyl (C=O) groups is 1. The molecule has 0 unspecified atom stereocenters. The number of nitrogen functional groups attached to an aromatic ring is 1. The first-order valence-electron chi connectivity index (χ1n) is 10.5. The van der Waals surface area contributed by atoms with Gasteiger partial charge in [-0.15, -0.1) is 0 Å². The number of ether oxygens (including phenoxy) is 2. The number of hydrogen-bond donors (Lipinski definition) is 8. The lowest BCUT2D eigenvalue weighted by molar-refractivity contribution is -0.219. The zero-order chi connectivity index (χ0) is 26.6. The Morgan fingerprint density at radius 1 is 0.944 bits per heavy atom. The molecule has 0 aliphatic carbocycles. The van der Waals surface area contributed by atoms with Gasteiger partial charge in [0.15, 0.2) is 0 Å². The third-order valence-electron chi connectivity index (χ3n) is 6.25. The van der Waals surface area contributed by atoms with E-state index in [0.29, 0.717) is 9.13 Å². The Balaban J connectivity index is 2.07. The van der Waals surface area contributed by atoms with E-state index in [1.165, 1.54) is 0 Å². The molecular weight excluding hydrogens is 490 g/mol. The summed E-state index contributed by atoms with van der Waals surface area (Å²) in [6.45, 7) is -1.92. The molecule has 4 heterocycles. The monoisotopic (exact) mass is 513 g/mol. The zero-order valence-electron chi connectivity index (χ0n) is 18.2. The van der Waals surface area contributed by atoms with Crippen molar-refractivity contribution in [2.75, 3.05) is 18.9 Å². The fourth-order valence-corrected chi connectivity index (χ4v) is 4.50. The highest BCUT2D eigenvalue weighted by molar-refractivity contribution is 5.93. The van der Waals surface area contributed by atoms with Gasteiger partial charge < -0.3 is 45.8 Å². The summed E-state index contributed by atoms with van der Waals surface area (Å²) in [6, 6.07) is 1.80. The second-order valence-electron chi connectivity index (χ2n) is 8.26. The highest BCUT2D eigenvalue weighted by Gasteiger charge is 2.71. The molecule has 17 heteroatoms. The van der Waals surface area contributed by atoms with Crippen LogP contribution in [0.15, 0.2) is 38.9 Å². The van der Waals surface area contributed by atoms with E-state index in [0.717, 1.165) is 24.5 Å². The molecule has 2 aromatic heterocycles. The molecule has 4 rings (SSSR count). The van der Waals surface area contributed by atoms with Crippen molar-refractivity contribution in [2.24, 2.45) is 0 Å². The molecule has 0 radical (unpaired) electrons. The Hall–Kier alpha value is -3.29. The lowest BCUT2D eigenvalue weighted by Gasteiger charge is -2.41. The van der Waals surface area contributed by atoms with E-state index in [1.54, 1.807) is 0 Å². The number of anilines is 1. The van der Waals surface area contributed by atoms with Crippen LogP contribution >= 0.6 is 0 Å². The van der Waals surface area contributed by atoms with Gasteiger partial charge in [-0.2, -0.15) is 4.98 Å². The molecule has 0 amide bonds. The maximum absolute atomic E-state index is 14.4. The summed E-state index contributed by atoms with van der Waals surface area (Å²) in [5.41, 5.74) is -4.11. The first-order valence-corrected chi connectivity index (χ1v) is 10.5. The van der Waals surface area contributed by atoms with Gasteiger partial charge >= 0.3 is 11.4 Å². The molecule has 0 bridgehead atoms. The topological polar surface area (TPSA) is 273 Å². The third-order valence-corrected chi connectivity index (χ3v) is 6.25. The number of H-pyrrole nitrogens is 1. The lowest BCUT2D eigenvalue weighted by Crippen LogP contribution is -2.67. The minimum absolute atomic E-state index is 0.301. The van der Waals surface area contributed by atoms with Crippen LogP contribution in [0, 0.1) is 0 Å². The second kappa shape index (κ2) is 8.98. The predicted molar refractivity (Wildman–Crippen MR) is 113 cm³/mol. The molecule has 0 aromatic carbocycles. The van der Waals surface area contributed by atoms with Gasteiger partial charge in [0.1, 0.15) is 42.4 Å². The molecule has 17 nitrogen and oxygen atoms in total. The summed E-state index contributed by atoms with van der Waals surface area (Å²) in [5.74, 6) is -1.94. The van der Waals surface area contributed by atoms with E-state index in [1.807, 2.05) is 4.98 Å². The van der Waals surface area contributed by atoms with Gasteiger partial charge in [-0.05, 0) is 6.07 Å². The van der Waals surface area contributed by atoms with Gasteiger partial charge in [-0.1, -0.05) is 0 Å². The summed E-state index contributed by atoms with van der Waals surface area (Å²) in [4.78, 5) is 56.9. The molecule has 196 valence electrons. The Bertz CT molecular complexity index is 1340. The number of aromatic amines is 1. The maximum Gasteiger partial charge on any atom is 0.352 e. The van der Waals surface area contributed by atoms with Crippen LogP contribution in [0.1, 0.15) is 0 Å². The minimum Gasteiger partial charge on any atom is -0.394 e. The maximum atomic E-state index is 14.4. The van der Waals surface area contributed by atoms with Crippen LogP contribution in [0.2, 0.25) is 0 Å². The van der Waals surface area contributed by atoms with Crippen LogP contribution in [0.3, 0.4) is 0 Å². The SMILES string of the molecule is Nc1ccn([C@]2(C(=O)[C@@]3(n4ccc(=O)[nH]c4=O)O[C@H](CO)[C@@H](O)[C@H]3O)O[C@H](CO)[C@@H](O)[C@H]2O)c(=O)n1. The average Bonchev–Trinajstić information content (AvgIpc) is 3.25. The van der Waals surface area contributed by atoms with Crippen molar-refractivity contribution in [3.8, 4) is 0 Å². The van der Waals surface area contributed by atoms with Crippen LogP contribution in [0.5, 0.6) is 0 Å². The molecule has 2 aliphatic heterocycles.